The summed E-state index contributed by atoms with van der Waals surface area (Å²) >= 11 is 0. The fourth-order valence-electron chi connectivity index (χ4n) is 4.84. The van der Waals surface area contributed by atoms with Crippen LogP contribution in [0.25, 0.3) is 0 Å². The summed E-state index contributed by atoms with van der Waals surface area (Å²) in [6.07, 6.45) is -0.521. The topological polar surface area (TPSA) is 134 Å². The molecule has 0 saturated heterocycles. The normalized spacial score (nSPS) is 18.3. The lowest BCUT2D eigenvalue weighted by Crippen LogP contribution is -2.51. The number of nitrogens with zero attached hydrogens (tertiary/aromatic N) is 1. The molecule has 2 aliphatic rings. The lowest BCUT2D eigenvalue weighted by atomic mass is 9.66. The lowest BCUT2D eigenvalue weighted by Gasteiger charge is -2.40. The standard InChI is InChI=1S/C29H30N2O8/c1-5-36-26(33)24-25(30)31(15-22(32)37-16-19-11-7-6-8-12-19)21-14-10-9-13-20(21)29(24)23(18(4)39-28(29)35)27(34)38-17(2)3/h6-14,17H,5,15-16,30H2,1-4H3/t29-/m0/s1. The van der Waals surface area contributed by atoms with Gasteiger partial charge in [-0.05, 0) is 39.3 Å². The number of cyclic esters (lactones) is 1. The monoisotopic (exact) mass is 534 g/mol. The van der Waals surface area contributed by atoms with Crippen LogP contribution in [0.2, 0.25) is 0 Å². The SMILES string of the molecule is CCOC(=O)C1=C(N)N(CC(=O)OCc2ccccc2)c2ccccc2[C@@]12C(=O)OC(C)=C2C(=O)OC(C)C. The average Bonchev–Trinajstić information content (AvgIpc) is 3.15. The Hall–Kier alpha value is -4.60. The first kappa shape index (κ1) is 27.4. The van der Waals surface area contributed by atoms with Gasteiger partial charge in [0.2, 0.25) is 0 Å². The van der Waals surface area contributed by atoms with Gasteiger partial charge in [-0.1, -0.05) is 48.5 Å². The molecule has 0 amide bonds. The van der Waals surface area contributed by atoms with Crippen LogP contribution in [-0.4, -0.2) is 43.1 Å². The van der Waals surface area contributed by atoms with Crippen molar-refractivity contribution in [3.8, 4) is 0 Å². The molecule has 1 spiro atoms. The number of ether oxygens (including phenoxy) is 4. The number of carbonyl (C=O) groups excluding carboxylic acids is 4. The summed E-state index contributed by atoms with van der Waals surface area (Å²) < 4.78 is 21.7. The number of nitrogens with two attached hydrogens (primary N) is 1. The van der Waals surface area contributed by atoms with Crippen LogP contribution in [-0.2, 0) is 50.1 Å². The summed E-state index contributed by atoms with van der Waals surface area (Å²) in [6, 6.07) is 15.7. The smallest absolute Gasteiger partial charge is 0.339 e. The number of hydrogen-bond donors (Lipinski definition) is 1. The van der Waals surface area contributed by atoms with Gasteiger partial charge in [0.05, 0.1) is 12.7 Å². The van der Waals surface area contributed by atoms with E-state index in [-0.39, 0.29) is 48.0 Å². The summed E-state index contributed by atoms with van der Waals surface area (Å²) in [4.78, 5) is 54.9. The van der Waals surface area contributed by atoms with Gasteiger partial charge >= 0.3 is 23.9 Å². The van der Waals surface area contributed by atoms with E-state index >= 15 is 0 Å². The van der Waals surface area contributed by atoms with Crippen molar-refractivity contribution >= 4 is 29.6 Å². The summed E-state index contributed by atoms with van der Waals surface area (Å²) in [6.45, 7) is 5.98. The highest BCUT2D eigenvalue weighted by atomic mass is 16.6. The van der Waals surface area contributed by atoms with Gasteiger partial charge in [0.25, 0.3) is 0 Å². The van der Waals surface area contributed by atoms with Crippen LogP contribution in [0.4, 0.5) is 5.69 Å². The van der Waals surface area contributed by atoms with E-state index in [1.54, 1.807) is 45.0 Å². The van der Waals surface area contributed by atoms with E-state index in [0.717, 1.165) is 5.56 Å². The first-order valence-electron chi connectivity index (χ1n) is 12.5. The zero-order valence-corrected chi connectivity index (χ0v) is 22.2. The van der Waals surface area contributed by atoms with Crippen molar-refractivity contribution < 1.29 is 38.1 Å². The van der Waals surface area contributed by atoms with Crippen molar-refractivity contribution in [2.24, 2.45) is 5.73 Å². The maximum atomic E-state index is 13.7. The Morgan fingerprint density at radius 1 is 0.974 bits per heavy atom. The van der Waals surface area contributed by atoms with Crippen molar-refractivity contribution in [3.05, 3.63) is 88.5 Å². The molecule has 2 aromatic rings. The van der Waals surface area contributed by atoms with Crippen molar-refractivity contribution in [1.82, 2.24) is 0 Å². The molecular weight excluding hydrogens is 504 g/mol. The number of para-hydroxylation sites is 1. The van der Waals surface area contributed by atoms with Crippen LogP contribution in [0.5, 0.6) is 0 Å². The molecule has 2 heterocycles. The number of esters is 4. The zero-order valence-electron chi connectivity index (χ0n) is 22.2. The molecule has 0 aromatic heterocycles. The zero-order chi connectivity index (χ0) is 28.3. The van der Waals surface area contributed by atoms with E-state index in [2.05, 4.69) is 0 Å². The highest BCUT2D eigenvalue weighted by Gasteiger charge is 2.63. The Bertz CT molecular complexity index is 1380. The van der Waals surface area contributed by atoms with Crippen LogP contribution in [0, 0.1) is 0 Å². The Labute approximate surface area is 226 Å². The maximum Gasteiger partial charge on any atom is 0.339 e. The number of carbonyl (C=O) groups is 4. The molecule has 1 atom stereocenters. The predicted molar refractivity (Wildman–Crippen MR) is 140 cm³/mol. The summed E-state index contributed by atoms with van der Waals surface area (Å²) in [5.41, 5.74) is 5.32. The van der Waals surface area contributed by atoms with E-state index in [4.69, 9.17) is 24.7 Å². The Morgan fingerprint density at radius 3 is 2.31 bits per heavy atom. The number of fused-ring (bicyclic) bond motifs is 2. The van der Waals surface area contributed by atoms with Gasteiger partial charge in [-0.3, -0.25) is 4.79 Å². The molecule has 39 heavy (non-hydrogen) atoms. The third-order valence-corrected chi connectivity index (χ3v) is 6.36. The van der Waals surface area contributed by atoms with Gasteiger partial charge in [-0.25, -0.2) is 14.4 Å². The molecule has 10 heteroatoms. The second kappa shape index (κ2) is 11.0. The number of benzene rings is 2. The van der Waals surface area contributed by atoms with Crippen molar-refractivity contribution in [1.29, 1.82) is 0 Å². The van der Waals surface area contributed by atoms with Gasteiger partial charge < -0.3 is 29.6 Å². The minimum atomic E-state index is -2.06. The van der Waals surface area contributed by atoms with Crippen LogP contribution in [0.15, 0.2) is 77.3 Å². The molecule has 0 bridgehead atoms. The molecule has 2 N–H and O–H groups in total. The Balaban J connectivity index is 1.86. The van der Waals surface area contributed by atoms with Crippen molar-refractivity contribution in [2.75, 3.05) is 18.1 Å². The van der Waals surface area contributed by atoms with Crippen LogP contribution in [0.1, 0.15) is 38.8 Å². The molecule has 0 radical (unpaired) electrons. The molecule has 2 aromatic carbocycles. The first-order chi connectivity index (χ1) is 18.6. The third kappa shape index (κ3) is 4.85. The third-order valence-electron chi connectivity index (χ3n) is 6.36. The molecule has 10 nitrogen and oxygen atoms in total. The van der Waals surface area contributed by atoms with Crippen LogP contribution < -0.4 is 10.6 Å². The predicted octanol–water partition coefficient (Wildman–Crippen LogP) is 3.00. The van der Waals surface area contributed by atoms with E-state index < -0.39 is 35.4 Å². The molecule has 2 aliphatic heterocycles. The summed E-state index contributed by atoms with van der Waals surface area (Å²) in [7, 11) is 0. The highest BCUT2D eigenvalue weighted by molar-refractivity contribution is 6.16. The molecule has 0 unspecified atom stereocenters. The van der Waals surface area contributed by atoms with E-state index in [9.17, 15) is 19.2 Å². The molecule has 0 saturated carbocycles. The maximum absolute atomic E-state index is 13.7. The Kier molecular flexibility index (Phi) is 7.75. The van der Waals surface area contributed by atoms with Gasteiger partial charge in [0.15, 0.2) is 5.41 Å². The fraction of sp³-hybridized carbons (Fsp3) is 0.310. The van der Waals surface area contributed by atoms with Gasteiger partial charge in [0, 0.05) is 11.3 Å². The van der Waals surface area contributed by atoms with Gasteiger partial charge in [0.1, 0.15) is 35.9 Å². The Morgan fingerprint density at radius 2 is 1.64 bits per heavy atom. The number of anilines is 1. The highest BCUT2D eigenvalue weighted by Crippen LogP contribution is 2.54. The second-order valence-electron chi connectivity index (χ2n) is 9.26. The van der Waals surface area contributed by atoms with Gasteiger partial charge in [-0.2, -0.15) is 0 Å². The first-order valence-corrected chi connectivity index (χ1v) is 12.5. The van der Waals surface area contributed by atoms with Crippen molar-refractivity contribution in [2.45, 2.75) is 45.8 Å². The summed E-state index contributed by atoms with van der Waals surface area (Å²) in [5.74, 6) is -3.57. The molecule has 4 rings (SSSR count). The average molecular weight is 535 g/mol. The molecular formula is C29H30N2O8. The van der Waals surface area contributed by atoms with Gasteiger partial charge in [-0.15, -0.1) is 0 Å². The van der Waals surface area contributed by atoms with E-state index in [1.165, 1.54) is 11.8 Å². The van der Waals surface area contributed by atoms with Crippen LogP contribution in [0.3, 0.4) is 0 Å². The van der Waals surface area contributed by atoms with E-state index in [0.29, 0.717) is 5.69 Å². The lowest BCUT2D eigenvalue weighted by molar-refractivity contribution is -0.148. The van der Waals surface area contributed by atoms with Crippen LogP contribution >= 0.6 is 0 Å². The fourth-order valence-corrected chi connectivity index (χ4v) is 4.84. The summed E-state index contributed by atoms with van der Waals surface area (Å²) in [5, 5.41) is 0. The number of allylic oxidation sites excluding steroid dienone is 1. The minimum Gasteiger partial charge on any atom is -0.462 e. The quantitative estimate of drug-likeness (QED) is 0.398. The van der Waals surface area contributed by atoms with Crippen molar-refractivity contribution in [3.63, 3.8) is 0 Å². The molecule has 0 aliphatic carbocycles. The molecule has 0 fully saturated rings. The second-order valence-corrected chi connectivity index (χ2v) is 9.26. The largest absolute Gasteiger partial charge is 0.462 e. The minimum absolute atomic E-state index is 0.0224. The number of hydrogen-bond acceptors (Lipinski definition) is 10. The number of rotatable bonds is 8. The molecule has 204 valence electrons. The van der Waals surface area contributed by atoms with E-state index in [1.807, 2.05) is 30.3 Å².